The number of hydrogen-bond donors (Lipinski definition) is 2. The number of hydrogen-bond acceptors (Lipinski definition) is 7. The Balaban J connectivity index is 1.15. The number of carbonyl (C=O) groups is 1. The predicted molar refractivity (Wildman–Crippen MR) is 161 cm³/mol. The average molecular weight is 573 g/mol. The molecule has 1 aliphatic rings. The molecule has 6 rings (SSSR count). The first-order valence-electron chi connectivity index (χ1n) is 13.2. The monoisotopic (exact) mass is 572 g/mol. The molecule has 1 fully saturated rings. The summed E-state index contributed by atoms with van der Waals surface area (Å²) < 4.78 is 8.08. The first-order valence-corrected chi connectivity index (χ1v) is 14.6. The van der Waals surface area contributed by atoms with E-state index in [9.17, 15) is 4.79 Å². The third kappa shape index (κ3) is 5.82. The second-order valence-electron chi connectivity index (χ2n) is 9.76. The maximum Gasteiger partial charge on any atom is 0.270 e. The molecule has 0 spiro atoms. The minimum absolute atomic E-state index is 0.204. The van der Waals surface area contributed by atoms with Crippen LogP contribution in [0.5, 0.6) is 11.5 Å². The number of carbonyl (C=O) groups excluding carboxylic acids is 1. The van der Waals surface area contributed by atoms with Crippen LogP contribution in [0, 0.1) is 0 Å². The van der Waals surface area contributed by atoms with Crippen LogP contribution in [0.3, 0.4) is 0 Å². The largest absolute Gasteiger partial charge is 0.457 e. The summed E-state index contributed by atoms with van der Waals surface area (Å²) in [6.07, 6.45) is 4.05. The normalized spacial score (nSPS) is 13.6. The lowest BCUT2D eigenvalue weighted by atomic mass is 10.1. The van der Waals surface area contributed by atoms with Crippen molar-refractivity contribution in [1.29, 1.82) is 0 Å². The Morgan fingerprint density at radius 3 is 2.75 bits per heavy atom. The lowest BCUT2D eigenvalue weighted by Gasteiger charge is -2.14. The highest BCUT2D eigenvalue weighted by Crippen LogP contribution is 2.34. The van der Waals surface area contributed by atoms with E-state index in [1.54, 1.807) is 29.7 Å². The maximum absolute atomic E-state index is 12.6. The van der Waals surface area contributed by atoms with Crippen molar-refractivity contribution >= 4 is 51.5 Å². The van der Waals surface area contributed by atoms with E-state index in [-0.39, 0.29) is 5.91 Å². The van der Waals surface area contributed by atoms with E-state index >= 15 is 0 Å². The number of nitrogens with zero attached hydrogens (tertiary/aromatic N) is 4. The van der Waals surface area contributed by atoms with E-state index in [4.69, 9.17) is 21.3 Å². The molecule has 2 N–H and O–H groups in total. The molecule has 1 aliphatic heterocycles. The fourth-order valence-corrected chi connectivity index (χ4v) is 5.77. The van der Waals surface area contributed by atoms with Gasteiger partial charge in [-0.1, -0.05) is 11.6 Å². The van der Waals surface area contributed by atoms with Crippen molar-refractivity contribution in [2.75, 3.05) is 31.5 Å². The van der Waals surface area contributed by atoms with Crippen LogP contribution in [0.25, 0.3) is 22.2 Å². The number of thiophene rings is 1. The molecule has 10 heteroatoms. The highest BCUT2D eigenvalue weighted by molar-refractivity contribution is 7.08. The second kappa shape index (κ2) is 11.7. The smallest absolute Gasteiger partial charge is 0.270 e. The summed E-state index contributed by atoms with van der Waals surface area (Å²) in [7, 11) is 1.96. The Kier molecular flexibility index (Phi) is 7.68. The molecular formula is C30H29ClN6O2S. The number of fused-ring (bicyclic) bond motifs is 1. The molecule has 0 radical (unpaired) electrons. The molecule has 0 saturated carbocycles. The number of benzene rings is 2. The quantitative estimate of drug-likeness (QED) is 0.204. The number of nitrogens with one attached hydrogen (secondary N) is 2. The number of imidazole rings is 1. The van der Waals surface area contributed by atoms with Crippen molar-refractivity contribution in [3.8, 4) is 22.6 Å². The van der Waals surface area contributed by atoms with Crippen molar-refractivity contribution in [2.24, 2.45) is 7.05 Å². The van der Waals surface area contributed by atoms with Crippen molar-refractivity contribution < 1.29 is 9.53 Å². The van der Waals surface area contributed by atoms with E-state index in [1.165, 1.54) is 12.8 Å². The zero-order valence-corrected chi connectivity index (χ0v) is 23.6. The average Bonchev–Trinajstić information content (AvgIpc) is 3.73. The number of likely N-dealkylation sites (tertiary alicyclic amines) is 1. The second-order valence-corrected chi connectivity index (χ2v) is 10.9. The lowest BCUT2D eigenvalue weighted by Crippen LogP contribution is -2.33. The molecule has 5 aromatic rings. The summed E-state index contributed by atoms with van der Waals surface area (Å²) in [5, 5.41) is 11.2. The van der Waals surface area contributed by atoms with Gasteiger partial charge in [0.05, 0.1) is 11.0 Å². The van der Waals surface area contributed by atoms with Crippen LogP contribution in [0.1, 0.15) is 23.3 Å². The van der Waals surface area contributed by atoms with Gasteiger partial charge in [0, 0.05) is 54.7 Å². The summed E-state index contributed by atoms with van der Waals surface area (Å²) in [6, 6.07) is 17.1. The summed E-state index contributed by atoms with van der Waals surface area (Å²) in [5.41, 5.74) is 5.01. The number of halogens is 1. The molecule has 3 aromatic heterocycles. The topological polar surface area (TPSA) is 84.3 Å². The van der Waals surface area contributed by atoms with E-state index in [0.717, 1.165) is 47.5 Å². The number of aromatic nitrogens is 3. The van der Waals surface area contributed by atoms with E-state index < -0.39 is 0 Å². The Morgan fingerprint density at radius 1 is 1.07 bits per heavy atom. The molecule has 204 valence electrons. The highest BCUT2D eigenvalue weighted by Gasteiger charge is 2.14. The van der Waals surface area contributed by atoms with E-state index in [1.807, 2.05) is 53.4 Å². The lowest BCUT2D eigenvalue weighted by molar-refractivity contribution is 0.0944. The standard InChI is InChI=1S/C30H29ClN6O2S/c1-36-28-7-5-22(39-23-8-10-32-27(18-23)29(38)33-11-14-37-12-2-3-13-37)17-26(28)35-30(36)34-21-4-6-25(31)24(16-21)20-9-15-40-19-20/h4-10,15-19H,2-3,11-14H2,1H3,(H,33,38)(H,34,35). The molecule has 40 heavy (non-hydrogen) atoms. The molecule has 0 bridgehead atoms. The van der Waals surface area contributed by atoms with Gasteiger partial charge in [-0.25, -0.2) is 4.98 Å². The van der Waals surface area contributed by atoms with Gasteiger partial charge >= 0.3 is 0 Å². The van der Waals surface area contributed by atoms with Gasteiger partial charge in [-0.15, -0.1) is 0 Å². The molecule has 0 aliphatic carbocycles. The molecule has 1 amide bonds. The number of pyridine rings is 1. The minimum atomic E-state index is -0.204. The van der Waals surface area contributed by atoms with Gasteiger partial charge in [0.15, 0.2) is 0 Å². The van der Waals surface area contributed by atoms with Gasteiger partial charge < -0.3 is 24.8 Å². The summed E-state index contributed by atoms with van der Waals surface area (Å²) in [6.45, 7) is 3.67. The van der Waals surface area contributed by atoms with Gasteiger partial charge in [-0.3, -0.25) is 9.78 Å². The third-order valence-electron chi connectivity index (χ3n) is 7.02. The Bertz CT molecular complexity index is 1650. The number of amides is 1. The number of aryl methyl sites for hydroxylation is 1. The van der Waals surface area contributed by atoms with Crippen LogP contribution in [0.4, 0.5) is 11.6 Å². The Hall–Kier alpha value is -3.92. The Labute approximate surface area is 241 Å². The van der Waals surface area contributed by atoms with Gasteiger partial charge in [0.25, 0.3) is 5.91 Å². The minimum Gasteiger partial charge on any atom is -0.457 e. The SMILES string of the molecule is Cn1c(Nc2ccc(Cl)c(-c3ccsc3)c2)nc2cc(Oc3ccnc(C(=O)NCCN4CCCC4)c3)ccc21. The molecule has 0 unspecified atom stereocenters. The summed E-state index contributed by atoms with van der Waals surface area (Å²) >= 11 is 8.10. The van der Waals surface area contributed by atoms with Gasteiger partial charge in [-0.2, -0.15) is 11.3 Å². The zero-order valence-electron chi connectivity index (χ0n) is 22.1. The number of anilines is 2. The van der Waals surface area contributed by atoms with E-state index in [2.05, 4.69) is 32.0 Å². The number of ether oxygens (including phenoxy) is 1. The van der Waals surface area contributed by atoms with E-state index in [0.29, 0.717) is 34.7 Å². The van der Waals surface area contributed by atoms with Crippen LogP contribution in [0.15, 0.2) is 71.6 Å². The van der Waals surface area contributed by atoms with Gasteiger partial charge in [0.2, 0.25) is 5.95 Å². The molecule has 2 aromatic carbocycles. The van der Waals surface area contributed by atoms with Crippen LogP contribution >= 0.6 is 22.9 Å². The molecule has 0 atom stereocenters. The highest BCUT2D eigenvalue weighted by atomic mass is 35.5. The van der Waals surface area contributed by atoms with Crippen molar-refractivity contribution in [3.05, 3.63) is 82.3 Å². The number of rotatable bonds is 9. The maximum atomic E-state index is 12.6. The van der Waals surface area contributed by atoms with Gasteiger partial charge in [0.1, 0.15) is 17.2 Å². The Morgan fingerprint density at radius 2 is 1.93 bits per heavy atom. The fourth-order valence-electron chi connectivity index (χ4n) is 4.89. The van der Waals surface area contributed by atoms with Crippen LogP contribution in [-0.2, 0) is 7.05 Å². The molecule has 8 nitrogen and oxygen atoms in total. The van der Waals surface area contributed by atoms with Crippen LogP contribution < -0.4 is 15.4 Å². The first-order chi connectivity index (χ1) is 19.5. The molecule has 4 heterocycles. The third-order valence-corrected chi connectivity index (χ3v) is 8.03. The van der Waals surface area contributed by atoms with Gasteiger partial charge in [-0.05, 0) is 84.7 Å². The molecular weight excluding hydrogens is 544 g/mol. The van der Waals surface area contributed by atoms with Crippen LogP contribution in [-0.4, -0.2) is 51.5 Å². The van der Waals surface area contributed by atoms with Crippen molar-refractivity contribution in [2.45, 2.75) is 12.8 Å². The summed E-state index contributed by atoms with van der Waals surface area (Å²) in [5.74, 6) is 1.65. The zero-order chi connectivity index (χ0) is 27.5. The molecule has 1 saturated heterocycles. The van der Waals surface area contributed by atoms with Crippen molar-refractivity contribution in [1.82, 2.24) is 24.8 Å². The first kappa shape index (κ1) is 26.3. The van der Waals surface area contributed by atoms with Crippen LogP contribution in [0.2, 0.25) is 5.02 Å². The fraction of sp³-hybridized carbons (Fsp3) is 0.233. The summed E-state index contributed by atoms with van der Waals surface area (Å²) in [4.78, 5) is 24.0. The van der Waals surface area contributed by atoms with Crippen molar-refractivity contribution in [3.63, 3.8) is 0 Å². The predicted octanol–water partition coefficient (Wildman–Crippen LogP) is 6.71.